The second kappa shape index (κ2) is 10.3. The van der Waals surface area contributed by atoms with Crippen LogP contribution in [0.1, 0.15) is 17.0 Å². The maximum Gasteiger partial charge on any atom is 0.264 e. The number of halogens is 1. The fourth-order valence-electron chi connectivity index (χ4n) is 3.70. The number of carbonyl (C=O) groups excluding carboxylic acids is 1. The average molecular weight is 509 g/mol. The molecule has 3 aromatic carbocycles. The molecule has 0 unspecified atom stereocenters. The van der Waals surface area contributed by atoms with Gasteiger partial charge in [0.1, 0.15) is 12.4 Å². The molecular formula is C26H25ClN4O3S. The second-order valence-electron chi connectivity index (χ2n) is 8.00. The van der Waals surface area contributed by atoms with E-state index in [9.17, 15) is 13.2 Å². The van der Waals surface area contributed by atoms with Crippen LogP contribution in [0.2, 0.25) is 5.02 Å². The van der Waals surface area contributed by atoms with Gasteiger partial charge in [0.05, 0.1) is 10.6 Å². The number of carbonyl (C=O) groups is 1. The van der Waals surface area contributed by atoms with E-state index >= 15 is 0 Å². The van der Waals surface area contributed by atoms with Crippen LogP contribution >= 0.6 is 11.6 Å². The molecule has 0 radical (unpaired) electrons. The Morgan fingerprint density at radius 2 is 1.71 bits per heavy atom. The molecule has 7 nitrogen and oxygen atoms in total. The molecule has 1 aromatic heterocycles. The molecule has 4 rings (SSSR count). The normalized spacial score (nSPS) is 11.3. The Kier molecular flexibility index (Phi) is 7.23. The molecule has 0 spiro atoms. The summed E-state index contributed by atoms with van der Waals surface area (Å²) in [6.45, 7) is 3.53. The second-order valence-corrected chi connectivity index (χ2v) is 10.3. The van der Waals surface area contributed by atoms with Gasteiger partial charge in [0, 0.05) is 29.6 Å². The number of rotatable bonds is 8. The highest BCUT2D eigenvalue weighted by Gasteiger charge is 2.28. The molecule has 1 heterocycles. The molecular weight excluding hydrogens is 484 g/mol. The number of anilines is 1. The van der Waals surface area contributed by atoms with Crippen molar-refractivity contribution in [2.75, 3.05) is 10.8 Å². The van der Waals surface area contributed by atoms with Crippen LogP contribution in [0.25, 0.3) is 5.69 Å². The van der Waals surface area contributed by atoms with Crippen molar-refractivity contribution in [1.29, 1.82) is 0 Å². The number of hydrogen-bond donors (Lipinski definition) is 1. The molecule has 180 valence electrons. The maximum absolute atomic E-state index is 13.5. The Bertz CT molecular complexity index is 1440. The van der Waals surface area contributed by atoms with E-state index in [4.69, 9.17) is 11.6 Å². The van der Waals surface area contributed by atoms with E-state index < -0.39 is 15.9 Å². The van der Waals surface area contributed by atoms with Crippen LogP contribution in [0.5, 0.6) is 0 Å². The molecule has 0 bridgehead atoms. The Balaban J connectivity index is 1.53. The van der Waals surface area contributed by atoms with Gasteiger partial charge in [-0.25, -0.2) is 13.4 Å². The SMILES string of the molecule is Cc1c(Cl)cccc1N(CC(=O)NCc1ccc(-n2ccnc2C)cc1)S(=O)(=O)c1ccccc1. The van der Waals surface area contributed by atoms with E-state index in [1.807, 2.05) is 42.0 Å². The summed E-state index contributed by atoms with van der Waals surface area (Å²) in [6, 6.07) is 20.7. The van der Waals surface area contributed by atoms with Crippen LogP contribution in [0.4, 0.5) is 5.69 Å². The lowest BCUT2D eigenvalue weighted by molar-refractivity contribution is -0.119. The number of benzene rings is 3. The van der Waals surface area contributed by atoms with Crippen LogP contribution in [-0.4, -0.2) is 30.4 Å². The molecule has 0 saturated heterocycles. The molecule has 35 heavy (non-hydrogen) atoms. The van der Waals surface area contributed by atoms with E-state index in [2.05, 4.69) is 10.3 Å². The summed E-state index contributed by atoms with van der Waals surface area (Å²) in [4.78, 5) is 17.2. The Hall–Kier alpha value is -3.62. The molecule has 1 amide bonds. The van der Waals surface area contributed by atoms with Gasteiger partial charge < -0.3 is 9.88 Å². The highest BCUT2D eigenvalue weighted by atomic mass is 35.5. The van der Waals surface area contributed by atoms with Crippen LogP contribution in [0.15, 0.2) is 90.1 Å². The van der Waals surface area contributed by atoms with Crippen molar-refractivity contribution in [2.24, 2.45) is 0 Å². The van der Waals surface area contributed by atoms with Gasteiger partial charge >= 0.3 is 0 Å². The quantitative estimate of drug-likeness (QED) is 0.375. The number of aryl methyl sites for hydroxylation is 1. The monoisotopic (exact) mass is 508 g/mol. The van der Waals surface area contributed by atoms with E-state index in [-0.39, 0.29) is 18.0 Å². The lowest BCUT2D eigenvalue weighted by Crippen LogP contribution is -2.41. The third kappa shape index (κ3) is 5.39. The van der Waals surface area contributed by atoms with Gasteiger partial charge in [-0.2, -0.15) is 0 Å². The van der Waals surface area contributed by atoms with Gasteiger partial charge in [-0.15, -0.1) is 0 Å². The molecule has 9 heteroatoms. The predicted molar refractivity (Wildman–Crippen MR) is 137 cm³/mol. The van der Waals surface area contributed by atoms with Gasteiger partial charge in [-0.05, 0) is 61.4 Å². The van der Waals surface area contributed by atoms with Gasteiger partial charge in [-0.1, -0.05) is 48.0 Å². The molecule has 0 aliphatic rings. The van der Waals surface area contributed by atoms with Gasteiger partial charge in [0.15, 0.2) is 0 Å². The lowest BCUT2D eigenvalue weighted by atomic mass is 10.2. The van der Waals surface area contributed by atoms with Crippen molar-refractivity contribution in [2.45, 2.75) is 25.3 Å². The standard InChI is InChI=1S/C26H25ClN4O3S/c1-19-24(27)9-6-10-25(19)31(35(33,34)23-7-4-3-5-8-23)18-26(32)29-17-21-11-13-22(14-12-21)30-16-15-28-20(30)2/h3-16H,17-18H2,1-2H3,(H,29,32). The topological polar surface area (TPSA) is 84.3 Å². The lowest BCUT2D eigenvalue weighted by Gasteiger charge is -2.26. The van der Waals surface area contributed by atoms with Crippen molar-refractivity contribution in [3.63, 3.8) is 0 Å². The van der Waals surface area contributed by atoms with E-state index in [0.717, 1.165) is 21.4 Å². The Labute approximate surface area is 210 Å². The number of imidazole rings is 1. The molecule has 1 N–H and O–H groups in total. The molecule has 0 aliphatic heterocycles. The summed E-state index contributed by atoms with van der Waals surface area (Å²) < 4.78 is 30.0. The third-order valence-corrected chi connectivity index (χ3v) is 7.84. The number of aromatic nitrogens is 2. The smallest absolute Gasteiger partial charge is 0.264 e. The van der Waals surface area contributed by atoms with Crippen molar-refractivity contribution in [1.82, 2.24) is 14.9 Å². The summed E-state index contributed by atoms with van der Waals surface area (Å²) in [5.41, 5.74) is 2.78. The molecule has 0 fully saturated rings. The van der Waals surface area contributed by atoms with Gasteiger partial charge in [0.25, 0.3) is 10.0 Å². The zero-order chi connectivity index (χ0) is 25.0. The largest absolute Gasteiger partial charge is 0.350 e. The summed E-state index contributed by atoms with van der Waals surface area (Å²) in [5, 5.41) is 3.25. The molecule has 4 aromatic rings. The first kappa shape index (κ1) is 24.5. The fraction of sp³-hybridized carbons (Fsp3) is 0.154. The summed E-state index contributed by atoms with van der Waals surface area (Å²) in [7, 11) is -4.00. The Morgan fingerprint density at radius 1 is 1.00 bits per heavy atom. The summed E-state index contributed by atoms with van der Waals surface area (Å²) in [6.07, 6.45) is 3.62. The number of sulfonamides is 1. The van der Waals surface area contributed by atoms with Crippen molar-refractivity contribution in [3.05, 3.63) is 107 Å². The van der Waals surface area contributed by atoms with Gasteiger partial charge in [-0.3, -0.25) is 9.10 Å². The molecule has 0 aliphatic carbocycles. The van der Waals surface area contributed by atoms with Crippen molar-refractivity contribution < 1.29 is 13.2 Å². The van der Waals surface area contributed by atoms with E-state index in [0.29, 0.717) is 16.3 Å². The fourth-order valence-corrected chi connectivity index (χ4v) is 5.37. The minimum Gasteiger partial charge on any atom is -0.350 e. The minimum atomic E-state index is -4.00. The van der Waals surface area contributed by atoms with Crippen molar-refractivity contribution >= 4 is 33.2 Å². The number of hydrogen-bond acceptors (Lipinski definition) is 4. The van der Waals surface area contributed by atoms with Crippen molar-refractivity contribution in [3.8, 4) is 5.69 Å². The highest BCUT2D eigenvalue weighted by Crippen LogP contribution is 2.30. The third-order valence-electron chi connectivity index (χ3n) is 5.66. The minimum absolute atomic E-state index is 0.0950. The highest BCUT2D eigenvalue weighted by molar-refractivity contribution is 7.92. The van der Waals surface area contributed by atoms with Crippen LogP contribution in [-0.2, 0) is 21.4 Å². The van der Waals surface area contributed by atoms with Crippen LogP contribution in [0.3, 0.4) is 0 Å². The van der Waals surface area contributed by atoms with Crippen LogP contribution in [0, 0.1) is 13.8 Å². The van der Waals surface area contributed by atoms with Crippen LogP contribution < -0.4 is 9.62 Å². The summed E-state index contributed by atoms with van der Waals surface area (Å²) >= 11 is 6.26. The number of nitrogens with zero attached hydrogens (tertiary/aromatic N) is 3. The van der Waals surface area contributed by atoms with Gasteiger partial charge in [0.2, 0.25) is 5.91 Å². The zero-order valence-electron chi connectivity index (χ0n) is 19.3. The molecule has 0 saturated carbocycles. The zero-order valence-corrected chi connectivity index (χ0v) is 20.9. The van der Waals surface area contributed by atoms with E-state index in [1.165, 1.54) is 12.1 Å². The first-order chi connectivity index (χ1) is 16.8. The number of amides is 1. The first-order valence-corrected chi connectivity index (χ1v) is 12.8. The number of nitrogens with one attached hydrogen (secondary N) is 1. The predicted octanol–water partition coefficient (Wildman–Crippen LogP) is 4.65. The van der Waals surface area contributed by atoms with E-state index in [1.54, 1.807) is 49.5 Å². The molecule has 0 atom stereocenters. The average Bonchev–Trinajstić information content (AvgIpc) is 3.30. The Morgan fingerprint density at radius 3 is 2.37 bits per heavy atom. The maximum atomic E-state index is 13.5. The first-order valence-electron chi connectivity index (χ1n) is 11.0. The summed E-state index contributed by atoms with van der Waals surface area (Å²) in [5.74, 6) is 0.445.